The van der Waals surface area contributed by atoms with Gasteiger partial charge in [-0.2, -0.15) is 5.10 Å². The molecular weight excluding hydrogens is 290 g/mol. The topological polar surface area (TPSA) is 60.1 Å². The van der Waals surface area contributed by atoms with E-state index in [4.69, 9.17) is 4.42 Å². The molecular formula is C18H19N3O2. The second-order valence-corrected chi connectivity index (χ2v) is 5.46. The van der Waals surface area contributed by atoms with Crippen molar-refractivity contribution >= 4 is 5.91 Å². The molecule has 1 aromatic carbocycles. The van der Waals surface area contributed by atoms with Crippen LogP contribution in [-0.2, 0) is 11.3 Å². The molecule has 1 amide bonds. The van der Waals surface area contributed by atoms with E-state index >= 15 is 0 Å². The van der Waals surface area contributed by atoms with Gasteiger partial charge in [0.25, 0.3) is 0 Å². The van der Waals surface area contributed by atoms with Crippen LogP contribution in [0.25, 0.3) is 0 Å². The molecule has 118 valence electrons. The maximum absolute atomic E-state index is 12.3. The van der Waals surface area contributed by atoms with Crippen molar-refractivity contribution in [3.05, 3.63) is 78.0 Å². The fourth-order valence-corrected chi connectivity index (χ4v) is 2.46. The van der Waals surface area contributed by atoms with Crippen LogP contribution < -0.4 is 5.32 Å². The number of nitrogens with one attached hydrogen (secondary N) is 1. The molecule has 5 heteroatoms. The number of carbonyl (C=O) groups excluding carboxylic acids is 1. The predicted octanol–water partition coefficient (Wildman–Crippen LogP) is 3.08. The van der Waals surface area contributed by atoms with E-state index in [9.17, 15) is 4.79 Å². The fourth-order valence-electron chi connectivity index (χ4n) is 2.46. The third kappa shape index (κ3) is 3.88. The van der Waals surface area contributed by atoms with Crippen molar-refractivity contribution in [1.29, 1.82) is 0 Å². The van der Waals surface area contributed by atoms with E-state index in [1.54, 1.807) is 17.1 Å². The number of furan rings is 1. The van der Waals surface area contributed by atoms with E-state index in [1.165, 1.54) is 0 Å². The molecule has 0 aliphatic rings. The van der Waals surface area contributed by atoms with E-state index in [0.717, 1.165) is 16.9 Å². The van der Waals surface area contributed by atoms with Crippen LogP contribution in [0, 0.1) is 6.92 Å². The summed E-state index contributed by atoms with van der Waals surface area (Å²) in [5.41, 5.74) is 2.08. The lowest BCUT2D eigenvalue weighted by Crippen LogP contribution is -2.29. The molecule has 23 heavy (non-hydrogen) atoms. The number of benzene rings is 1. The Morgan fingerprint density at radius 1 is 1.26 bits per heavy atom. The summed E-state index contributed by atoms with van der Waals surface area (Å²) in [6, 6.07) is 13.2. The maximum atomic E-state index is 12.3. The van der Waals surface area contributed by atoms with Gasteiger partial charge < -0.3 is 9.73 Å². The van der Waals surface area contributed by atoms with Crippen LogP contribution in [0.15, 0.2) is 65.5 Å². The van der Waals surface area contributed by atoms with Gasteiger partial charge in [0.15, 0.2) is 0 Å². The zero-order valence-corrected chi connectivity index (χ0v) is 13.0. The van der Waals surface area contributed by atoms with Crippen molar-refractivity contribution in [2.24, 2.45) is 0 Å². The van der Waals surface area contributed by atoms with Crippen molar-refractivity contribution in [1.82, 2.24) is 15.1 Å². The number of hydrogen-bond acceptors (Lipinski definition) is 3. The van der Waals surface area contributed by atoms with Gasteiger partial charge in [-0.3, -0.25) is 9.48 Å². The Morgan fingerprint density at radius 2 is 2.09 bits per heavy atom. The van der Waals surface area contributed by atoms with Crippen LogP contribution >= 0.6 is 0 Å². The van der Waals surface area contributed by atoms with Crippen LogP contribution in [0.2, 0.25) is 0 Å². The second-order valence-electron chi connectivity index (χ2n) is 5.46. The molecule has 0 radical (unpaired) electrons. The van der Waals surface area contributed by atoms with Gasteiger partial charge in [-0.25, -0.2) is 0 Å². The Labute approximate surface area is 134 Å². The third-order valence-corrected chi connectivity index (χ3v) is 3.60. The van der Waals surface area contributed by atoms with Gasteiger partial charge in [0.2, 0.25) is 5.91 Å². The average molecular weight is 309 g/mol. The van der Waals surface area contributed by atoms with Crippen molar-refractivity contribution in [2.45, 2.75) is 25.9 Å². The van der Waals surface area contributed by atoms with Crippen molar-refractivity contribution in [3.63, 3.8) is 0 Å². The number of carbonyl (C=O) groups is 1. The van der Waals surface area contributed by atoms with E-state index in [1.807, 2.05) is 55.6 Å². The highest BCUT2D eigenvalue weighted by atomic mass is 16.3. The molecule has 0 aliphatic carbocycles. The Kier molecular flexibility index (Phi) is 4.57. The highest BCUT2D eigenvalue weighted by molar-refractivity contribution is 5.76. The highest BCUT2D eigenvalue weighted by Gasteiger charge is 2.19. The van der Waals surface area contributed by atoms with Crippen molar-refractivity contribution < 1.29 is 9.21 Å². The van der Waals surface area contributed by atoms with Gasteiger partial charge in [-0.05, 0) is 30.2 Å². The van der Waals surface area contributed by atoms with E-state index in [0.29, 0.717) is 13.0 Å². The summed E-state index contributed by atoms with van der Waals surface area (Å²) in [6.07, 6.45) is 5.69. The average Bonchev–Trinajstić information content (AvgIpc) is 3.23. The van der Waals surface area contributed by atoms with Gasteiger partial charge in [-0.1, -0.05) is 30.3 Å². The largest absolute Gasteiger partial charge is 0.467 e. The molecule has 3 rings (SSSR count). The van der Waals surface area contributed by atoms with Gasteiger partial charge in [-0.15, -0.1) is 0 Å². The SMILES string of the molecule is Cc1cnn(CCC(=O)NC(c2ccccc2)c2ccco2)c1. The Bertz CT molecular complexity index is 748. The Balaban J connectivity index is 1.67. The lowest BCUT2D eigenvalue weighted by molar-refractivity contribution is -0.122. The summed E-state index contributed by atoms with van der Waals surface area (Å²) >= 11 is 0. The lowest BCUT2D eigenvalue weighted by Gasteiger charge is -2.17. The van der Waals surface area contributed by atoms with E-state index in [-0.39, 0.29) is 11.9 Å². The van der Waals surface area contributed by atoms with Crippen LogP contribution in [0.1, 0.15) is 29.3 Å². The first-order valence-electron chi connectivity index (χ1n) is 7.59. The first kappa shape index (κ1) is 15.1. The number of nitrogens with zero attached hydrogens (tertiary/aromatic N) is 2. The van der Waals surface area contributed by atoms with Crippen LogP contribution in [0.4, 0.5) is 0 Å². The predicted molar refractivity (Wildman–Crippen MR) is 86.7 cm³/mol. The van der Waals surface area contributed by atoms with Crippen LogP contribution in [0.3, 0.4) is 0 Å². The number of rotatable bonds is 6. The smallest absolute Gasteiger partial charge is 0.222 e. The lowest BCUT2D eigenvalue weighted by atomic mass is 10.0. The number of amides is 1. The zero-order chi connectivity index (χ0) is 16.1. The number of hydrogen-bond donors (Lipinski definition) is 1. The molecule has 2 aromatic heterocycles. The number of aromatic nitrogens is 2. The summed E-state index contributed by atoms with van der Waals surface area (Å²) in [5.74, 6) is 0.683. The molecule has 1 atom stereocenters. The van der Waals surface area contributed by atoms with Crippen LogP contribution in [0.5, 0.6) is 0 Å². The molecule has 0 fully saturated rings. The zero-order valence-electron chi connectivity index (χ0n) is 13.0. The van der Waals surface area contributed by atoms with Crippen molar-refractivity contribution in [2.75, 3.05) is 0 Å². The Morgan fingerprint density at radius 3 is 2.74 bits per heavy atom. The first-order valence-corrected chi connectivity index (χ1v) is 7.59. The molecule has 0 saturated heterocycles. The summed E-state index contributed by atoms with van der Waals surface area (Å²) in [7, 11) is 0. The monoisotopic (exact) mass is 309 g/mol. The minimum absolute atomic E-state index is 0.0385. The summed E-state index contributed by atoms with van der Waals surface area (Å²) in [6.45, 7) is 2.53. The normalized spacial score (nSPS) is 12.0. The summed E-state index contributed by atoms with van der Waals surface area (Å²) in [5, 5.41) is 7.23. The quantitative estimate of drug-likeness (QED) is 0.761. The fraction of sp³-hybridized carbons (Fsp3) is 0.222. The molecule has 3 aromatic rings. The molecule has 1 N–H and O–H groups in total. The molecule has 0 saturated carbocycles. The maximum Gasteiger partial charge on any atom is 0.222 e. The van der Waals surface area contributed by atoms with Crippen molar-refractivity contribution in [3.8, 4) is 0 Å². The van der Waals surface area contributed by atoms with Gasteiger partial charge in [0, 0.05) is 19.2 Å². The third-order valence-electron chi connectivity index (χ3n) is 3.60. The number of aryl methyl sites for hydroxylation is 2. The minimum atomic E-state index is -0.280. The van der Waals surface area contributed by atoms with Gasteiger partial charge in [0.1, 0.15) is 11.8 Å². The van der Waals surface area contributed by atoms with E-state index in [2.05, 4.69) is 10.4 Å². The minimum Gasteiger partial charge on any atom is -0.467 e. The summed E-state index contributed by atoms with van der Waals surface area (Å²) < 4.78 is 7.26. The highest BCUT2D eigenvalue weighted by Crippen LogP contribution is 2.22. The molecule has 0 bridgehead atoms. The summed E-state index contributed by atoms with van der Waals surface area (Å²) in [4.78, 5) is 12.3. The molecule has 5 nitrogen and oxygen atoms in total. The first-order chi connectivity index (χ1) is 11.2. The molecule has 2 heterocycles. The molecule has 0 aliphatic heterocycles. The standard InChI is InChI=1S/C18H19N3O2/c1-14-12-19-21(13-14)10-9-17(22)20-18(16-8-5-11-23-16)15-6-3-2-4-7-15/h2-8,11-13,18H,9-10H2,1H3,(H,20,22). The second kappa shape index (κ2) is 6.96. The van der Waals surface area contributed by atoms with Gasteiger partial charge in [0.05, 0.1) is 12.5 Å². The molecule has 1 unspecified atom stereocenters. The van der Waals surface area contributed by atoms with E-state index < -0.39 is 0 Å². The van der Waals surface area contributed by atoms with Gasteiger partial charge >= 0.3 is 0 Å². The Hall–Kier alpha value is -2.82. The molecule has 0 spiro atoms. The van der Waals surface area contributed by atoms with Crippen LogP contribution in [-0.4, -0.2) is 15.7 Å².